The van der Waals surface area contributed by atoms with Gasteiger partial charge in [0.2, 0.25) is 10.0 Å². The standard InChI is InChI=1S/C17H16N4O4S/c1-25-17(22)14-3-5-15(6-4-14)26(23,24)20-12-13-7-9-18-16(11-13)21-10-2-8-19-21/h2-11,20H,12H2,1H3. The molecule has 0 saturated carbocycles. The van der Waals surface area contributed by atoms with Gasteiger partial charge < -0.3 is 4.74 Å². The maximum absolute atomic E-state index is 12.4. The zero-order chi connectivity index (χ0) is 18.6. The molecule has 3 rings (SSSR count). The summed E-state index contributed by atoms with van der Waals surface area (Å²) < 4.78 is 33.5. The van der Waals surface area contributed by atoms with E-state index >= 15 is 0 Å². The number of nitrogens with one attached hydrogen (secondary N) is 1. The Morgan fingerprint density at radius 3 is 2.62 bits per heavy atom. The number of aromatic nitrogens is 3. The summed E-state index contributed by atoms with van der Waals surface area (Å²) in [5.41, 5.74) is 1.02. The number of carbonyl (C=O) groups excluding carboxylic acids is 1. The second kappa shape index (κ2) is 7.46. The van der Waals surface area contributed by atoms with Crippen LogP contribution in [0.5, 0.6) is 0 Å². The van der Waals surface area contributed by atoms with Crippen molar-refractivity contribution in [1.82, 2.24) is 19.5 Å². The predicted octanol–water partition coefficient (Wildman–Crippen LogP) is 1.53. The quantitative estimate of drug-likeness (QED) is 0.658. The van der Waals surface area contributed by atoms with Gasteiger partial charge in [0.05, 0.1) is 17.6 Å². The van der Waals surface area contributed by atoms with Crippen LogP contribution in [0.3, 0.4) is 0 Å². The van der Waals surface area contributed by atoms with Crippen LogP contribution in [0.25, 0.3) is 5.82 Å². The maximum atomic E-state index is 12.4. The first-order chi connectivity index (χ1) is 12.5. The molecular formula is C17H16N4O4S. The molecule has 0 spiro atoms. The number of nitrogens with zero attached hydrogens (tertiary/aromatic N) is 3. The molecular weight excluding hydrogens is 356 g/mol. The van der Waals surface area contributed by atoms with E-state index in [1.54, 1.807) is 41.5 Å². The number of pyridine rings is 1. The molecule has 0 aliphatic rings. The Balaban J connectivity index is 1.72. The minimum Gasteiger partial charge on any atom is -0.465 e. The molecule has 8 nitrogen and oxygen atoms in total. The van der Waals surface area contributed by atoms with Crippen molar-refractivity contribution in [3.63, 3.8) is 0 Å². The molecule has 1 N–H and O–H groups in total. The third-order valence-electron chi connectivity index (χ3n) is 3.60. The van der Waals surface area contributed by atoms with Gasteiger partial charge in [0.15, 0.2) is 5.82 Å². The Kier molecular flexibility index (Phi) is 5.10. The van der Waals surface area contributed by atoms with Gasteiger partial charge in [-0.05, 0) is 48.0 Å². The lowest BCUT2D eigenvalue weighted by atomic mass is 10.2. The molecule has 0 fully saturated rings. The van der Waals surface area contributed by atoms with Gasteiger partial charge in [-0.25, -0.2) is 27.6 Å². The fourth-order valence-electron chi connectivity index (χ4n) is 2.25. The molecule has 0 atom stereocenters. The molecule has 2 heterocycles. The monoisotopic (exact) mass is 372 g/mol. The van der Waals surface area contributed by atoms with E-state index in [0.29, 0.717) is 5.82 Å². The van der Waals surface area contributed by atoms with Gasteiger partial charge in [-0.1, -0.05) is 0 Å². The number of benzene rings is 1. The van der Waals surface area contributed by atoms with E-state index in [2.05, 4.69) is 19.5 Å². The van der Waals surface area contributed by atoms with Gasteiger partial charge in [-0.2, -0.15) is 5.10 Å². The zero-order valence-electron chi connectivity index (χ0n) is 13.9. The van der Waals surface area contributed by atoms with E-state index in [9.17, 15) is 13.2 Å². The third-order valence-corrected chi connectivity index (χ3v) is 5.02. The number of carbonyl (C=O) groups is 1. The first-order valence-electron chi connectivity index (χ1n) is 7.62. The molecule has 0 aliphatic heterocycles. The molecule has 0 saturated heterocycles. The van der Waals surface area contributed by atoms with Crippen LogP contribution in [0.1, 0.15) is 15.9 Å². The van der Waals surface area contributed by atoms with E-state index in [1.165, 1.54) is 31.4 Å². The van der Waals surface area contributed by atoms with Crippen molar-refractivity contribution < 1.29 is 17.9 Å². The molecule has 9 heteroatoms. The van der Waals surface area contributed by atoms with Crippen LogP contribution in [0.15, 0.2) is 66.0 Å². The van der Waals surface area contributed by atoms with Crippen molar-refractivity contribution in [1.29, 1.82) is 0 Å². The van der Waals surface area contributed by atoms with E-state index in [0.717, 1.165) is 5.56 Å². The lowest BCUT2D eigenvalue weighted by Gasteiger charge is -2.08. The number of ether oxygens (including phenoxy) is 1. The van der Waals surface area contributed by atoms with Gasteiger partial charge in [0.25, 0.3) is 0 Å². The lowest BCUT2D eigenvalue weighted by Crippen LogP contribution is -2.23. The normalized spacial score (nSPS) is 11.3. The van der Waals surface area contributed by atoms with Gasteiger partial charge >= 0.3 is 5.97 Å². The molecule has 1 aromatic carbocycles. The topological polar surface area (TPSA) is 103 Å². The predicted molar refractivity (Wildman–Crippen MR) is 93.2 cm³/mol. The highest BCUT2D eigenvalue weighted by Crippen LogP contribution is 2.13. The average Bonchev–Trinajstić information content (AvgIpc) is 3.21. The minimum absolute atomic E-state index is 0.0616. The number of hydrogen-bond donors (Lipinski definition) is 1. The van der Waals surface area contributed by atoms with Crippen molar-refractivity contribution >= 4 is 16.0 Å². The van der Waals surface area contributed by atoms with Crippen LogP contribution in [0.2, 0.25) is 0 Å². The largest absolute Gasteiger partial charge is 0.465 e. The Labute approximate surface area is 150 Å². The molecule has 0 unspecified atom stereocenters. The van der Waals surface area contributed by atoms with Crippen molar-refractivity contribution in [2.75, 3.05) is 7.11 Å². The molecule has 0 radical (unpaired) electrons. The van der Waals surface area contributed by atoms with Crippen molar-refractivity contribution in [3.05, 3.63) is 72.2 Å². The van der Waals surface area contributed by atoms with Crippen molar-refractivity contribution in [2.45, 2.75) is 11.4 Å². The highest BCUT2D eigenvalue weighted by atomic mass is 32.2. The van der Waals surface area contributed by atoms with Crippen LogP contribution in [0, 0.1) is 0 Å². The number of hydrogen-bond acceptors (Lipinski definition) is 6. The summed E-state index contributed by atoms with van der Waals surface area (Å²) in [6.07, 6.45) is 4.97. The van der Waals surface area contributed by atoms with E-state index in [4.69, 9.17) is 0 Å². The Hall–Kier alpha value is -3.04. The summed E-state index contributed by atoms with van der Waals surface area (Å²) in [6, 6.07) is 10.8. The molecule has 26 heavy (non-hydrogen) atoms. The Morgan fingerprint density at radius 1 is 1.19 bits per heavy atom. The first-order valence-corrected chi connectivity index (χ1v) is 9.11. The number of methoxy groups -OCH3 is 1. The average molecular weight is 372 g/mol. The Morgan fingerprint density at radius 2 is 1.96 bits per heavy atom. The van der Waals surface area contributed by atoms with Crippen LogP contribution in [-0.2, 0) is 21.3 Å². The summed E-state index contributed by atoms with van der Waals surface area (Å²) in [5.74, 6) is 0.0685. The second-order valence-corrected chi connectivity index (χ2v) is 7.08. The smallest absolute Gasteiger partial charge is 0.337 e. The second-order valence-electron chi connectivity index (χ2n) is 5.31. The molecule has 134 valence electrons. The van der Waals surface area contributed by atoms with Crippen LogP contribution < -0.4 is 4.72 Å². The summed E-state index contributed by atoms with van der Waals surface area (Å²) >= 11 is 0. The maximum Gasteiger partial charge on any atom is 0.337 e. The minimum atomic E-state index is -3.72. The summed E-state index contributed by atoms with van der Waals surface area (Å²) in [5, 5.41) is 4.09. The van der Waals surface area contributed by atoms with Crippen LogP contribution >= 0.6 is 0 Å². The van der Waals surface area contributed by atoms with E-state index < -0.39 is 16.0 Å². The van der Waals surface area contributed by atoms with E-state index in [1.807, 2.05) is 0 Å². The molecule has 3 aromatic rings. The van der Waals surface area contributed by atoms with Crippen LogP contribution in [0.4, 0.5) is 0 Å². The summed E-state index contributed by atoms with van der Waals surface area (Å²) in [7, 11) is -2.45. The van der Waals surface area contributed by atoms with Gasteiger partial charge in [0, 0.05) is 25.1 Å². The number of rotatable bonds is 6. The van der Waals surface area contributed by atoms with Crippen molar-refractivity contribution in [3.8, 4) is 5.82 Å². The highest BCUT2D eigenvalue weighted by molar-refractivity contribution is 7.89. The molecule has 0 bridgehead atoms. The summed E-state index contributed by atoms with van der Waals surface area (Å²) in [4.78, 5) is 15.7. The molecule has 0 amide bonds. The van der Waals surface area contributed by atoms with Gasteiger partial charge in [-0.15, -0.1) is 0 Å². The zero-order valence-corrected chi connectivity index (χ0v) is 14.7. The summed E-state index contributed by atoms with van der Waals surface area (Å²) in [6.45, 7) is 0.0951. The van der Waals surface area contributed by atoms with Gasteiger partial charge in [0.1, 0.15) is 0 Å². The van der Waals surface area contributed by atoms with Crippen molar-refractivity contribution in [2.24, 2.45) is 0 Å². The SMILES string of the molecule is COC(=O)c1ccc(S(=O)(=O)NCc2ccnc(-n3cccn3)c2)cc1. The fourth-order valence-corrected chi connectivity index (χ4v) is 3.27. The number of esters is 1. The lowest BCUT2D eigenvalue weighted by molar-refractivity contribution is 0.0600. The first kappa shape index (κ1) is 17.8. The van der Waals surface area contributed by atoms with Gasteiger partial charge in [-0.3, -0.25) is 0 Å². The Bertz CT molecular complexity index is 1000. The highest BCUT2D eigenvalue weighted by Gasteiger charge is 2.15. The fraction of sp³-hybridized carbons (Fsp3) is 0.118. The van der Waals surface area contributed by atoms with E-state index in [-0.39, 0.29) is 17.0 Å². The third kappa shape index (κ3) is 3.95. The molecule has 0 aliphatic carbocycles. The molecule has 2 aromatic heterocycles. The number of sulfonamides is 1. The van der Waals surface area contributed by atoms with Crippen LogP contribution in [-0.4, -0.2) is 36.3 Å².